The molecule has 3 rings (SSSR count). The van der Waals surface area contributed by atoms with Crippen molar-refractivity contribution in [1.82, 2.24) is 9.55 Å². The monoisotopic (exact) mass is 284 g/mol. The van der Waals surface area contributed by atoms with Gasteiger partial charge in [-0.25, -0.2) is 4.98 Å². The molecule has 0 spiro atoms. The molecule has 6 heteroatoms. The molecule has 0 aliphatic heterocycles. The molecule has 0 saturated carbocycles. The number of fused-ring (bicyclic) bond motifs is 1. The van der Waals surface area contributed by atoms with E-state index in [-0.39, 0.29) is 28.2 Å². The highest BCUT2D eigenvalue weighted by Gasteiger charge is 2.12. The minimum Gasteiger partial charge on any atom is -0.508 e. The van der Waals surface area contributed by atoms with Crippen LogP contribution in [0.25, 0.3) is 16.6 Å². The zero-order valence-electron chi connectivity index (χ0n) is 11.1. The van der Waals surface area contributed by atoms with Gasteiger partial charge >= 0.3 is 0 Å². The fourth-order valence-corrected chi connectivity index (χ4v) is 2.29. The standard InChI is InChI=1S/C15H12N2O4/c1-8-4-9(18)2-3-12(8)17-7-16-11-5-10(19)6-13(20)14(11)15(17)21/h2-7,18-20H,1H3. The Labute approximate surface area is 119 Å². The summed E-state index contributed by atoms with van der Waals surface area (Å²) >= 11 is 0. The van der Waals surface area contributed by atoms with Crippen LogP contribution >= 0.6 is 0 Å². The van der Waals surface area contributed by atoms with Crippen molar-refractivity contribution in [3.8, 4) is 22.9 Å². The molecule has 21 heavy (non-hydrogen) atoms. The van der Waals surface area contributed by atoms with Gasteiger partial charge in [0.05, 0.1) is 11.2 Å². The minimum atomic E-state index is -0.453. The largest absolute Gasteiger partial charge is 0.508 e. The van der Waals surface area contributed by atoms with Gasteiger partial charge in [0.2, 0.25) is 0 Å². The van der Waals surface area contributed by atoms with Gasteiger partial charge in [0.1, 0.15) is 29.0 Å². The molecule has 0 saturated heterocycles. The number of hydrogen-bond acceptors (Lipinski definition) is 5. The molecule has 106 valence electrons. The van der Waals surface area contributed by atoms with Crippen LogP contribution in [-0.2, 0) is 0 Å². The van der Waals surface area contributed by atoms with Crippen LogP contribution in [-0.4, -0.2) is 24.9 Å². The van der Waals surface area contributed by atoms with E-state index < -0.39 is 5.56 Å². The molecule has 3 aromatic rings. The third kappa shape index (κ3) is 2.06. The molecule has 0 atom stereocenters. The lowest BCUT2D eigenvalue weighted by Crippen LogP contribution is -2.19. The molecule has 6 nitrogen and oxygen atoms in total. The second kappa shape index (κ2) is 4.52. The molecular weight excluding hydrogens is 272 g/mol. The number of hydrogen-bond donors (Lipinski definition) is 3. The first-order chi connectivity index (χ1) is 9.97. The van der Waals surface area contributed by atoms with E-state index in [1.807, 2.05) is 0 Å². The van der Waals surface area contributed by atoms with E-state index >= 15 is 0 Å². The summed E-state index contributed by atoms with van der Waals surface area (Å²) in [5.41, 5.74) is 1.01. The Bertz CT molecular complexity index is 915. The Hall–Kier alpha value is -3.02. The van der Waals surface area contributed by atoms with Gasteiger partial charge in [-0.2, -0.15) is 0 Å². The second-order valence-corrected chi connectivity index (χ2v) is 4.75. The molecule has 0 bridgehead atoms. The molecule has 0 aliphatic rings. The second-order valence-electron chi connectivity index (χ2n) is 4.75. The number of nitrogens with zero attached hydrogens (tertiary/aromatic N) is 2. The third-order valence-corrected chi connectivity index (χ3v) is 3.27. The zero-order valence-corrected chi connectivity index (χ0v) is 11.1. The van der Waals surface area contributed by atoms with Crippen LogP contribution in [0.4, 0.5) is 0 Å². The molecule has 3 N–H and O–H groups in total. The molecule has 1 heterocycles. The van der Waals surface area contributed by atoms with Crippen molar-refractivity contribution in [2.24, 2.45) is 0 Å². The van der Waals surface area contributed by atoms with Gasteiger partial charge in [0.15, 0.2) is 0 Å². The first-order valence-corrected chi connectivity index (χ1v) is 6.20. The Morgan fingerprint density at radius 2 is 1.81 bits per heavy atom. The number of phenolic OH excluding ortho intramolecular Hbond substituents is 3. The van der Waals surface area contributed by atoms with Crippen LogP contribution in [0.15, 0.2) is 41.5 Å². The molecule has 0 fully saturated rings. The van der Waals surface area contributed by atoms with Crippen molar-refractivity contribution in [3.05, 3.63) is 52.6 Å². The minimum absolute atomic E-state index is 0.0303. The molecule has 0 aliphatic carbocycles. The van der Waals surface area contributed by atoms with Crippen molar-refractivity contribution >= 4 is 10.9 Å². The van der Waals surface area contributed by atoms with Crippen LogP contribution < -0.4 is 5.56 Å². The smallest absolute Gasteiger partial charge is 0.269 e. The number of aromatic hydroxyl groups is 3. The highest BCUT2D eigenvalue weighted by atomic mass is 16.3. The van der Waals surface area contributed by atoms with Gasteiger partial charge in [-0.05, 0) is 30.7 Å². The number of aromatic nitrogens is 2. The summed E-state index contributed by atoms with van der Waals surface area (Å²) in [4.78, 5) is 16.6. The summed E-state index contributed by atoms with van der Waals surface area (Å²) in [6.07, 6.45) is 1.32. The summed E-state index contributed by atoms with van der Waals surface area (Å²) in [6, 6.07) is 7.00. The lowest BCUT2D eigenvalue weighted by atomic mass is 10.1. The molecule has 0 radical (unpaired) electrons. The van der Waals surface area contributed by atoms with E-state index in [2.05, 4.69) is 4.98 Å². The van der Waals surface area contributed by atoms with E-state index in [0.717, 1.165) is 6.07 Å². The fraction of sp³-hybridized carbons (Fsp3) is 0.0667. The van der Waals surface area contributed by atoms with Gasteiger partial charge in [-0.15, -0.1) is 0 Å². The molecule has 1 aromatic heterocycles. The third-order valence-electron chi connectivity index (χ3n) is 3.27. The maximum atomic E-state index is 12.5. The van der Waals surface area contributed by atoms with Crippen LogP contribution in [0, 0.1) is 6.92 Å². The fourth-order valence-electron chi connectivity index (χ4n) is 2.29. The number of benzene rings is 2. The van der Waals surface area contributed by atoms with E-state index in [1.165, 1.54) is 29.1 Å². The molecular formula is C15H12N2O4. The summed E-state index contributed by atoms with van der Waals surface area (Å²) < 4.78 is 1.29. The van der Waals surface area contributed by atoms with Gasteiger partial charge in [0, 0.05) is 12.1 Å². The van der Waals surface area contributed by atoms with E-state index in [4.69, 9.17) is 0 Å². The first kappa shape index (κ1) is 13.0. The van der Waals surface area contributed by atoms with Crippen LogP contribution in [0.3, 0.4) is 0 Å². The van der Waals surface area contributed by atoms with Crippen LogP contribution in [0.2, 0.25) is 0 Å². The van der Waals surface area contributed by atoms with Crippen LogP contribution in [0.1, 0.15) is 5.56 Å². The van der Waals surface area contributed by atoms with Crippen molar-refractivity contribution in [2.45, 2.75) is 6.92 Å². The van der Waals surface area contributed by atoms with Crippen molar-refractivity contribution in [3.63, 3.8) is 0 Å². The quantitative estimate of drug-likeness (QED) is 0.633. The van der Waals surface area contributed by atoms with Gasteiger partial charge < -0.3 is 15.3 Å². The molecule has 0 amide bonds. The predicted octanol–water partition coefficient (Wildman–Crippen LogP) is 1.81. The molecule has 2 aromatic carbocycles. The van der Waals surface area contributed by atoms with E-state index in [1.54, 1.807) is 13.0 Å². The zero-order chi connectivity index (χ0) is 15.1. The van der Waals surface area contributed by atoms with Gasteiger partial charge in [0.25, 0.3) is 5.56 Å². The Balaban J connectivity index is 2.35. The molecule has 0 unspecified atom stereocenters. The van der Waals surface area contributed by atoms with Crippen molar-refractivity contribution < 1.29 is 15.3 Å². The van der Waals surface area contributed by atoms with Crippen molar-refractivity contribution in [2.75, 3.05) is 0 Å². The average Bonchev–Trinajstić information content (AvgIpc) is 2.39. The maximum Gasteiger partial charge on any atom is 0.269 e. The average molecular weight is 284 g/mol. The highest BCUT2D eigenvalue weighted by molar-refractivity contribution is 5.85. The summed E-state index contributed by atoms with van der Waals surface area (Å²) in [6.45, 7) is 1.75. The first-order valence-electron chi connectivity index (χ1n) is 6.20. The predicted molar refractivity (Wildman–Crippen MR) is 77.1 cm³/mol. The normalized spacial score (nSPS) is 10.9. The van der Waals surface area contributed by atoms with Crippen molar-refractivity contribution in [1.29, 1.82) is 0 Å². The lowest BCUT2D eigenvalue weighted by molar-refractivity contribution is 0.454. The highest BCUT2D eigenvalue weighted by Crippen LogP contribution is 2.26. The Morgan fingerprint density at radius 1 is 1.05 bits per heavy atom. The summed E-state index contributed by atoms with van der Waals surface area (Å²) in [5, 5.41) is 28.8. The van der Waals surface area contributed by atoms with Crippen LogP contribution in [0.5, 0.6) is 17.2 Å². The maximum absolute atomic E-state index is 12.5. The number of aryl methyl sites for hydroxylation is 1. The summed E-state index contributed by atoms with van der Waals surface area (Å²) in [7, 11) is 0. The number of rotatable bonds is 1. The summed E-state index contributed by atoms with van der Waals surface area (Å²) in [5.74, 6) is -0.385. The Morgan fingerprint density at radius 3 is 2.52 bits per heavy atom. The number of phenols is 3. The van der Waals surface area contributed by atoms with E-state index in [0.29, 0.717) is 11.3 Å². The topological polar surface area (TPSA) is 95.6 Å². The van der Waals surface area contributed by atoms with E-state index in [9.17, 15) is 20.1 Å². The lowest BCUT2D eigenvalue weighted by Gasteiger charge is -2.10. The van der Waals surface area contributed by atoms with Gasteiger partial charge in [-0.3, -0.25) is 9.36 Å². The van der Waals surface area contributed by atoms with Gasteiger partial charge in [-0.1, -0.05) is 0 Å². The Kier molecular flexibility index (Phi) is 2.79. The SMILES string of the molecule is Cc1cc(O)ccc1-n1cnc2cc(O)cc(O)c2c1=O.